The number of aryl methyl sites for hydroxylation is 1. The molecule has 3 nitrogen and oxygen atoms in total. The van der Waals surface area contributed by atoms with E-state index in [1.54, 1.807) is 0 Å². The lowest BCUT2D eigenvalue weighted by Gasteiger charge is -2.19. The van der Waals surface area contributed by atoms with Gasteiger partial charge in [-0.15, -0.1) is 0 Å². The quantitative estimate of drug-likeness (QED) is 0.881. The first-order valence-corrected chi connectivity index (χ1v) is 7.21. The minimum Gasteiger partial charge on any atom is -0.350 e. The van der Waals surface area contributed by atoms with Crippen LogP contribution in [0.25, 0.3) is 10.9 Å². The summed E-state index contributed by atoms with van der Waals surface area (Å²) < 4.78 is 2.24. The van der Waals surface area contributed by atoms with Crippen LogP contribution in [0.4, 0.5) is 0 Å². The second-order valence-corrected chi connectivity index (χ2v) is 5.65. The van der Waals surface area contributed by atoms with E-state index in [0.29, 0.717) is 6.04 Å². The molecule has 2 heterocycles. The normalized spacial score (nSPS) is 21.1. The maximum Gasteiger partial charge on any atom is 0.0481 e. The summed E-state index contributed by atoms with van der Waals surface area (Å²) in [6.45, 7) is 2.35. The van der Waals surface area contributed by atoms with Crippen LogP contribution in [0.1, 0.15) is 24.4 Å². The molecule has 2 unspecified atom stereocenters. The van der Waals surface area contributed by atoms with Crippen molar-refractivity contribution in [1.82, 2.24) is 15.2 Å². The molecule has 0 spiro atoms. The third-order valence-electron chi connectivity index (χ3n) is 4.38. The van der Waals surface area contributed by atoms with Gasteiger partial charge in [-0.1, -0.05) is 18.2 Å². The molecule has 2 aromatic rings. The Labute approximate surface area is 115 Å². The van der Waals surface area contributed by atoms with E-state index in [4.69, 9.17) is 0 Å². The molecule has 2 atom stereocenters. The lowest BCUT2D eigenvalue weighted by Crippen LogP contribution is -2.21. The van der Waals surface area contributed by atoms with Crippen LogP contribution in [-0.4, -0.2) is 24.7 Å². The number of rotatable bonds is 4. The minimum absolute atomic E-state index is 0.455. The third kappa shape index (κ3) is 2.40. The van der Waals surface area contributed by atoms with Gasteiger partial charge in [0.2, 0.25) is 0 Å². The number of fused-ring (bicyclic) bond motifs is 1. The highest BCUT2D eigenvalue weighted by Crippen LogP contribution is 2.30. The number of aromatic nitrogens is 1. The standard InChI is InChI=1S/C16H23N3/c1-17-15(9-12-7-8-18-10-12)14-11-19(2)16-6-4-3-5-13(14)16/h3-6,11-12,15,17-18H,7-10H2,1-2H3. The van der Waals surface area contributed by atoms with Gasteiger partial charge in [0, 0.05) is 30.2 Å². The first-order chi connectivity index (χ1) is 9.29. The van der Waals surface area contributed by atoms with Crippen molar-refractivity contribution >= 4 is 10.9 Å². The zero-order valence-corrected chi connectivity index (χ0v) is 11.8. The molecule has 0 saturated carbocycles. The summed E-state index contributed by atoms with van der Waals surface area (Å²) >= 11 is 0. The fourth-order valence-corrected chi connectivity index (χ4v) is 3.30. The highest BCUT2D eigenvalue weighted by Gasteiger charge is 2.22. The lowest BCUT2D eigenvalue weighted by molar-refractivity contribution is 0.432. The van der Waals surface area contributed by atoms with E-state index < -0.39 is 0 Å². The highest BCUT2D eigenvalue weighted by atomic mass is 14.9. The number of benzene rings is 1. The lowest BCUT2D eigenvalue weighted by atomic mass is 9.94. The topological polar surface area (TPSA) is 29.0 Å². The Morgan fingerprint density at radius 2 is 2.26 bits per heavy atom. The van der Waals surface area contributed by atoms with Crippen LogP contribution in [-0.2, 0) is 7.05 Å². The van der Waals surface area contributed by atoms with E-state index in [1.807, 2.05) is 0 Å². The molecule has 3 rings (SSSR count). The molecule has 0 bridgehead atoms. The van der Waals surface area contributed by atoms with Gasteiger partial charge in [0.25, 0.3) is 0 Å². The van der Waals surface area contributed by atoms with Crippen molar-refractivity contribution in [1.29, 1.82) is 0 Å². The summed E-state index contributed by atoms with van der Waals surface area (Å²) in [6, 6.07) is 9.14. The molecule has 1 aromatic heterocycles. The van der Waals surface area contributed by atoms with Gasteiger partial charge >= 0.3 is 0 Å². The molecule has 1 saturated heterocycles. The Bertz CT molecular complexity index is 552. The summed E-state index contributed by atoms with van der Waals surface area (Å²) in [5.74, 6) is 0.802. The number of nitrogens with one attached hydrogen (secondary N) is 2. The van der Waals surface area contributed by atoms with E-state index in [1.165, 1.54) is 42.4 Å². The summed E-state index contributed by atoms with van der Waals surface area (Å²) in [7, 11) is 4.21. The predicted octanol–water partition coefficient (Wildman–Crippen LogP) is 2.44. The van der Waals surface area contributed by atoms with Crippen molar-refractivity contribution in [3.63, 3.8) is 0 Å². The van der Waals surface area contributed by atoms with Crippen molar-refractivity contribution in [3.05, 3.63) is 36.0 Å². The molecule has 0 aliphatic carbocycles. The van der Waals surface area contributed by atoms with Crippen molar-refractivity contribution in [2.24, 2.45) is 13.0 Å². The maximum absolute atomic E-state index is 3.51. The second kappa shape index (κ2) is 5.35. The molecule has 19 heavy (non-hydrogen) atoms. The molecule has 1 aliphatic rings. The highest BCUT2D eigenvalue weighted by molar-refractivity contribution is 5.84. The van der Waals surface area contributed by atoms with Crippen molar-refractivity contribution < 1.29 is 0 Å². The van der Waals surface area contributed by atoms with Gasteiger partial charge in [0.15, 0.2) is 0 Å². The molecular formula is C16H23N3. The van der Waals surface area contributed by atoms with Crippen LogP contribution < -0.4 is 10.6 Å². The number of nitrogens with zero attached hydrogens (tertiary/aromatic N) is 1. The zero-order valence-electron chi connectivity index (χ0n) is 11.8. The van der Waals surface area contributed by atoms with Gasteiger partial charge < -0.3 is 15.2 Å². The van der Waals surface area contributed by atoms with Crippen LogP contribution >= 0.6 is 0 Å². The fourth-order valence-electron chi connectivity index (χ4n) is 3.30. The monoisotopic (exact) mass is 257 g/mol. The van der Waals surface area contributed by atoms with E-state index in [0.717, 1.165) is 5.92 Å². The van der Waals surface area contributed by atoms with E-state index in [9.17, 15) is 0 Å². The molecule has 102 valence electrons. The van der Waals surface area contributed by atoms with Crippen LogP contribution in [0.5, 0.6) is 0 Å². The molecule has 3 heteroatoms. The van der Waals surface area contributed by atoms with Gasteiger partial charge in [-0.3, -0.25) is 0 Å². The van der Waals surface area contributed by atoms with Gasteiger partial charge in [-0.2, -0.15) is 0 Å². The second-order valence-electron chi connectivity index (χ2n) is 5.65. The van der Waals surface area contributed by atoms with E-state index >= 15 is 0 Å². The molecule has 0 radical (unpaired) electrons. The van der Waals surface area contributed by atoms with Gasteiger partial charge in [-0.05, 0) is 50.5 Å². The first kappa shape index (κ1) is 12.7. The Kier molecular flexibility index (Phi) is 3.58. The third-order valence-corrected chi connectivity index (χ3v) is 4.38. The Morgan fingerprint density at radius 3 is 3.00 bits per heavy atom. The zero-order chi connectivity index (χ0) is 13.2. The summed E-state index contributed by atoms with van der Waals surface area (Å²) in [4.78, 5) is 0. The smallest absolute Gasteiger partial charge is 0.0481 e. The molecule has 1 aromatic carbocycles. The summed E-state index contributed by atoms with van der Waals surface area (Å²) in [6.07, 6.45) is 4.81. The molecule has 0 amide bonds. The van der Waals surface area contributed by atoms with Crippen LogP contribution in [0.3, 0.4) is 0 Å². The largest absolute Gasteiger partial charge is 0.350 e. The van der Waals surface area contributed by atoms with Crippen molar-refractivity contribution in [3.8, 4) is 0 Å². The average molecular weight is 257 g/mol. The Hall–Kier alpha value is -1.32. The van der Waals surface area contributed by atoms with Crippen LogP contribution in [0.2, 0.25) is 0 Å². The van der Waals surface area contributed by atoms with Gasteiger partial charge in [0.1, 0.15) is 0 Å². The van der Waals surface area contributed by atoms with Gasteiger partial charge in [0.05, 0.1) is 0 Å². The SMILES string of the molecule is CNC(CC1CCNC1)c1cn(C)c2ccccc12. The van der Waals surface area contributed by atoms with Gasteiger partial charge in [-0.25, -0.2) is 0 Å². The average Bonchev–Trinajstić information content (AvgIpc) is 3.05. The molecule has 1 aliphatic heterocycles. The van der Waals surface area contributed by atoms with Crippen molar-refractivity contribution in [2.45, 2.75) is 18.9 Å². The Balaban J connectivity index is 1.92. The number of para-hydroxylation sites is 1. The molecule has 2 N–H and O–H groups in total. The number of hydrogen-bond acceptors (Lipinski definition) is 2. The Morgan fingerprint density at radius 1 is 1.42 bits per heavy atom. The van der Waals surface area contributed by atoms with Crippen LogP contribution in [0.15, 0.2) is 30.5 Å². The van der Waals surface area contributed by atoms with E-state index in [-0.39, 0.29) is 0 Å². The maximum atomic E-state index is 3.51. The first-order valence-electron chi connectivity index (χ1n) is 7.21. The minimum atomic E-state index is 0.455. The summed E-state index contributed by atoms with van der Waals surface area (Å²) in [5.41, 5.74) is 2.76. The fraction of sp³-hybridized carbons (Fsp3) is 0.500. The molecule has 1 fully saturated rings. The summed E-state index contributed by atoms with van der Waals surface area (Å²) in [5, 5.41) is 8.36. The molecular weight excluding hydrogens is 234 g/mol. The number of hydrogen-bond donors (Lipinski definition) is 2. The van der Waals surface area contributed by atoms with Crippen molar-refractivity contribution in [2.75, 3.05) is 20.1 Å². The predicted molar refractivity (Wildman–Crippen MR) is 80.3 cm³/mol. The van der Waals surface area contributed by atoms with Crippen LogP contribution in [0, 0.1) is 5.92 Å². The van der Waals surface area contributed by atoms with E-state index in [2.05, 4.69) is 59.8 Å².